The molecule has 0 spiro atoms. The van der Waals surface area contributed by atoms with Gasteiger partial charge >= 0.3 is 0 Å². The zero-order chi connectivity index (χ0) is 13.2. The van der Waals surface area contributed by atoms with Crippen molar-refractivity contribution >= 4 is 5.69 Å². The minimum atomic E-state index is 0.539. The fraction of sp³-hybridized carbons (Fsp3) is 0.294. The van der Waals surface area contributed by atoms with E-state index in [0.717, 1.165) is 12.2 Å². The highest BCUT2D eigenvalue weighted by atomic mass is 15.1. The number of benzene rings is 2. The molecule has 0 aromatic heterocycles. The number of hydrogen-bond donors (Lipinski definition) is 1. The molecule has 1 atom stereocenters. The molecule has 2 nitrogen and oxygen atoms in total. The standard InChI is InChI=1S/C17H20N2/c1-19(12-13-5-4-7-15(18)11-13)17-10-9-14-6-2-3-8-16(14)17/h2-8,11,17H,9-10,12,18H2,1H3. The highest BCUT2D eigenvalue weighted by Crippen LogP contribution is 2.35. The summed E-state index contributed by atoms with van der Waals surface area (Å²) in [6.07, 6.45) is 2.42. The lowest BCUT2D eigenvalue weighted by Crippen LogP contribution is -2.22. The molecule has 2 heteroatoms. The molecule has 3 rings (SSSR count). The topological polar surface area (TPSA) is 29.3 Å². The van der Waals surface area contributed by atoms with Crippen LogP contribution in [0.5, 0.6) is 0 Å². The Morgan fingerprint density at radius 3 is 2.84 bits per heavy atom. The Balaban J connectivity index is 1.77. The Kier molecular flexibility index (Phi) is 3.26. The molecule has 0 heterocycles. The number of fused-ring (bicyclic) bond motifs is 1. The molecule has 19 heavy (non-hydrogen) atoms. The van der Waals surface area contributed by atoms with Crippen LogP contribution in [0.4, 0.5) is 5.69 Å². The second kappa shape index (κ2) is 5.06. The van der Waals surface area contributed by atoms with Crippen molar-refractivity contribution < 1.29 is 0 Å². The summed E-state index contributed by atoms with van der Waals surface area (Å²) in [6, 6.07) is 17.5. The number of aryl methyl sites for hydroxylation is 1. The van der Waals surface area contributed by atoms with Crippen LogP contribution in [0.15, 0.2) is 48.5 Å². The molecule has 0 bridgehead atoms. The molecule has 1 aliphatic carbocycles. The van der Waals surface area contributed by atoms with Crippen molar-refractivity contribution in [3.63, 3.8) is 0 Å². The van der Waals surface area contributed by atoms with Gasteiger partial charge in [-0.25, -0.2) is 0 Å². The zero-order valence-corrected chi connectivity index (χ0v) is 11.3. The lowest BCUT2D eigenvalue weighted by molar-refractivity contribution is 0.236. The van der Waals surface area contributed by atoms with E-state index in [0.29, 0.717) is 6.04 Å². The summed E-state index contributed by atoms with van der Waals surface area (Å²) in [5.41, 5.74) is 11.0. The Bertz CT molecular complexity index is 577. The smallest absolute Gasteiger partial charge is 0.0354 e. The quantitative estimate of drug-likeness (QED) is 0.848. The van der Waals surface area contributed by atoms with Gasteiger partial charge in [-0.05, 0) is 48.7 Å². The third-order valence-electron chi connectivity index (χ3n) is 4.02. The summed E-state index contributed by atoms with van der Waals surface area (Å²) in [5.74, 6) is 0. The van der Waals surface area contributed by atoms with Gasteiger partial charge in [0, 0.05) is 18.3 Å². The first-order valence-corrected chi connectivity index (χ1v) is 6.86. The van der Waals surface area contributed by atoms with Gasteiger partial charge < -0.3 is 5.73 Å². The van der Waals surface area contributed by atoms with Crippen molar-refractivity contribution in [1.82, 2.24) is 4.90 Å². The molecule has 0 fully saturated rings. The highest BCUT2D eigenvalue weighted by Gasteiger charge is 2.25. The number of hydrogen-bond acceptors (Lipinski definition) is 2. The fourth-order valence-corrected chi connectivity index (χ4v) is 3.08. The van der Waals surface area contributed by atoms with Gasteiger partial charge in [0.25, 0.3) is 0 Å². The van der Waals surface area contributed by atoms with Crippen molar-refractivity contribution in [3.05, 3.63) is 65.2 Å². The third kappa shape index (κ3) is 2.49. The van der Waals surface area contributed by atoms with E-state index < -0.39 is 0 Å². The van der Waals surface area contributed by atoms with Crippen LogP contribution in [0, 0.1) is 0 Å². The maximum absolute atomic E-state index is 5.85. The molecular weight excluding hydrogens is 232 g/mol. The Labute approximate surface area is 114 Å². The average Bonchev–Trinajstić information content (AvgIpc) is 2.82. The summed E-state index contributed by atoms with van der Waals surface area (Å²) >= 11 is 0. The molecular formula is C17H20N2. The van der Waals surface area contributed by atoms with Crippen LogP contribution in [0.25, 0.3) is 0 Å². The highest BCUT2D eigenvalue weighted by molar-refractivity contribution is 5.41. The molecule has 98 valence electrons. The largest absolute Gasteiger partial charge is 0.399 e. The van der Waals surface area contributed by atoms with Gasteiger partial charge in [-0.15, -0.1) is 0 Å². The maximum atomic E-state index is 5.85. The number of nitrogens with zero attached hydrogens (tertiary/aromatic N) is 1. The van der Waals surface area contributed by atoms with Gasteiger partial charge in [0.05, 0.1) is 0 Å². The fourth-order valence-electron chi connectivity index (χ4n) is 3.08. The minimum absolute atomic E-state index is 0.539. The van der Waals surface area contributed by atoms with Gasteiger partial charge in [0.2, 0.25) is 0 Å². The Morgan fingerprint density at radius 2 is 2.00 bits per heavy atom. The van der Waals surface area contributed by atoms with E-state index >= 15 is 0 Å². The summed E-state index contributed by atoms with van der Waals surface area (Å²) in [7, 11) is 2.20. The van der Waals surface area contributed by atoms with E-state index in [1.807, 2.05) is 12.1 Å². The molecule has 2 aromatic rings. The summed E-state index contributed by atoms with van der Waals surface area (Å²) < 4.78 is 0. The van der Waals surface area contributed by atoms with Crippen LogP contribution in [0.3, 0.4) is 0 Å². The van der Waals surface area contributed by atoms with E-state index in [1.165, 1.54) is 29.5 Å². The zero-order valence-electron chi connectivity index (χ0n) is 11.3. The Morgan fingerprint density at radius 1 is 1.16 bits per heavy atom. The van der Waals surface area contributed by atoms with Crippen molar-refractivity contribution in [3.8, 4) is 0 Å². The van der Waals surface area contributed by atoms with Crippen LogP contribution in [0.1, 0.15) is 29.2 Å². The molecule has 0 saturated carbocycles. The molecule has 2 N–H and O–H groups in total. The van der Waals surface area contributed by atoms with Crippen molar-refractivity contribution in [1.29, 1.82) is 0 Å². The second-order valence-corrected chi connectivity index (χ2v) is 5.41. The summed E-state index contributed by atoms with van der Waals surface area (Å²) in [6.45, 7) is 0.948. The number of rotatable bonds is 3. The third-order valence-corrected chi connectivity index (χ3v) is 4.02. The molecule has 2 aromatic carbocycles. The first-order chi connectivity index (χ1) is 9.24. The molecule has 0 aliphatic heterocycles. The van der Waals surface area contributed by atoms with E-state index in [2.05, 4.69) is 48.3 Å². The summed E-state index contributed by atoms with van der Waals surface area (Å²) in [5, 5.41) is 0. The van der Waals surface area contributed by atoms with Crippen molar-refractivity contribution in [2.24, 2.45) is 0 Å². The first kappa shape index (κ1) is 12.2. The second-order valence-electron chi connectivity index (χ2n) is 5.41. The SMILES string of the molecule is CN(Cc1cccc(N)c1)C1CCc2ccccc21. The van der Waals surface area contributed by atoms with Crippen molar-refractivity contribution in [2.75, 3.05) is 12.8 Å². The van der Waals surface area contributed by atoms with E-state index in [-0.39, 0.29) is 0 Å². The lowest BCUT2D eigenvalue weighted by Gasteiger charge is -2.25. The van der Waals surface area contributed by atoms with E-state index in [1.54, 1.807) is 0 Å². The maximum Gasteiger partial charge on any atom is 0.0354 e. The molecule has 0 amide bonds. The van der Waals surface area contributed by atoms with Crippen LogP contribution >= 0.6 is 0 Å². The summed E-state index contributed by atoms with van der Waals surface area (Å²) in [4.78, 5) is 2.43. The average molecular weight is 252 g/mol. The van der Waals surface area contributed by atoms with Gasteiger partial charge in [-0.3, -0.25) is 4.90 Å². The Hall–Kier alpha value is -1.80. The predicted molar refractivity (Wildman–Crippen MR) is 79.8 cm³/mol. The number of nitrogen functional groups attached to an aromatic ring is 1. The van der Waals surface area contributed by atoms with Crippen molar-refractivity contribution in [2.45, 2.75) is 25.4 Å². The van der Waals surface area contributed by atoms with E-state index in [9.17, 15) is 0 Å². The van der Waals surface area contributed by atoms with Crippen LogP contribution < -0.4 is 5.73 Å². The van der Waals surface area contributed by atoms with Gasteiger partial charge in [-0.2, -0.15) is 0 Å². The normalized spacial score (nSPS) is 17.7. The molecule has 0 saturated heterocycles. The molecule has 0 radical (unpaired) electrons. The van der Waals surface area contributed by atoms with Crippen LogP contribution in [0.2, 0.25) is 0 Å². The minimum Gasteiger partial charge on any atom is -0.399 e. The monoisotopic (exact) mass is 252 g/mol. The van der Waals surface area contributed by atoms with E-state index in [4.69, 9.17) is 5.73 Å². The first-order valence-electron chi connectivity index (χ1n) is 6.86. The van der Waals surface area contributed by atoms with Gasteiger partial charge in [0.1, 0.15) is 0 Å². The van der Waals surface area contributed by atoms with Gasteiger partial charge in [0.15, 0.2) is 0 Å². The predicted octanol–water partition coefficient (Wildman–Crippen LogP) is 3.39. The van der Waals surface area contributed by atoms with Crippen LogP contribution in [-0.4, -0.2) is 11.9 Å². The number of anilines is 1. The lowest BCUT2D eigenvalue weighted by atomic mass is 10.1. The molecule has 1 aliphatic rings. The molecule has 1 unspecified atom stereocenters. The van der Waals surface area contributed by atoms with Crippen LogP contribution in [-0.2, 0) is 13.0 Å². The number of nitrogens with two attached hydrogens (primary N) is 1. The van der Waals surface area contributed by atoms with Gasteiger partial charge in [-0.1, -0.05) is 36.4 Å².